The number of likely N-dealkylation sites (N-methyl/N-ethyl adjacent to an activating group) is 1. The minimum Gasteiger partial charge on any atom is -0.343 e. The van der Waals surface area contributed by atoms with Gasteiger partial charge in [-0.15, -0.1) is 0 Å². The highest BCUT2D eigenvalue weighted by atomic mass is 32.2. The lowest BCUT2D eigenvalue weighted by Gasteiger charge is -2.31. The Hall–Kier alpha value is -1.44. The summed E-state index contributed by atoms with van der Waals surface area (Å²) in [4.78, 5) is 15.4. The number of hydrogen-bond acceptors (Lipinski definition) is 5. The van der Waals surface area contributed by atoms with E-state index in [0.29, 0.717) is 31.1 Å². The minimum atomic E-state index is -3.32. The Kier molecular flexibility index (Phi) is 4.97. The molecular formula is C14H21N3O3S. The molecule has 0 radical (unpaired) electrons. The Morgan fingerprint density at radius 2 is 1.86 bits per heavy atom. The number of sulfone groups is 1. The lowest BCUT2D eigenvalue weighted by Crippen LogP contribution is -2.49. The van der Waals surface area contributed by atoms with Gasteiger partial charge in [0.2, 0.25) is 5.91 Å². The average Bonchev–Trinajstić information content (AvgIpc) is 2.48. The lowest BCUT2D eigenvalue weighted by molar-refractivity contribution is -0.134. The highest BCUT2D eigenvalue weighted by molar-refractivity contribution is 7.91. The molecule has 1 fully saturated rings. The number of nitrogens with zero attached hydrogens (tertiary/aromatic N) is 2. The summed E-state index contributed by atoms with van der Waals surface area (Å²) in [6.45, 7) is 2.41. The maximum Gasteiger partial charge on any atom is 0.236 e. The number of carbonyl (C=O) groups excluding carboxylic acids is 1. The van der Waals surface area contributed by atoms with Gasteiger partial charge < -0.3 is 10.6 Å². The van der Waals surface area contributed by atoms with Crippen LogP contribution in [0.1, 0.15) is 5.56 Å². The van der Waals surface area contributed by atoms with Crippen molar-refractivity contribution >= 4 is 15.7 Å². The number of carbonyl (C=O) groups is 1. The Bertz CT molecular complexity index is 598. The largest absolute Gasteiger partial charge is 0.343 e. The van der Waals surface area contributed by atoms with Crippen molar-refractivity contribution in [2.24, 2.45) is 5.73 Å². The number of hydrogen-bond donors (Lipinski definition) is 1. The van der Waals surface area contributed by atoms with Gasteiger partial charge >= 0.3 is 0 Å². The molecular weight excluding hydrogens is 290 g/mol. The number of rotatable bonds is 5. The Morgan fingerprint density at radius 3 is 2.43 bits per heavy atom. The van der Waals surface area contributed by atoms with Crippen LogP contribution in [0.4, 0.5) is 0 Å². The molecule has 2 N–H and O–H groups in total. The summed E-state index contributed by atoms with van der Waals surface area (Å²) < 4.78 is 24.5. The molecule has 1 aliphatic rings. The van der Waals surface area contributed by atoms with Crippen LogP contribution in [0.2, 0.25) is 0 Å². The molecule has 0 unspecified atom stereocenters. The van der Waals surface area contributed by atoms with Crippen molar-refractivity contribution in [1.82, 2.24) is 9.80 Å². The first-order chi connectivity index (χ1) is 9.92. The van der Waals surface area contributed by atoms with Gasteiger partial charge in [0.15, 0.2) is 9.84 Å². The summed E-state index contributed by atoms with van der Waals surface area (Å²) >= 11 is 0. The van der Waals surface area contributed by atoms with Crippen LogP contribution in [0, 0.1) is 0 Å². The monoisotopic (exact) mass is 311 g/mol. The van der Waals surface area contributed by atoms with Gasteiger partial charge in [0, 0.05) is 33.2 Å². The first-order valence-electron chi connectivity index (χ1n) is 6.90. The van der Waals surface area contributed by atoms with Crippen LogP contribution in [-0.2, 0) is 21.2 Å². The molecule has 116 valence electrons. The van der Waals surface area contributed by atoms with Crippen LogP contribution in [0.25, 0.3) is 0 Å². The van der Waals surface area contributed by atoms with Crippen LogP contribution in [0.3, 0.4) is 0 Å². The fourth-order valence-electron chi connectivity index (χ4n) is 2.20. The van der Waals surface area contributed by atoms with Gasteiger partial charge in [0.1, 0.15) is 0 Å². The molecule has 0 saturated carbocycles. The van der Waals surface area contributed by atoms with Gasteiger partial charge in [-0.25, -0.2) is 8.42 Å². The molecule has 1 aromatic carbocycles. The second-order valence-corrected chi connectivity index (χ2v) is 7.37. The second kappa shape index (κ2) is 6.55. The van der Waals surface area contributed by atoms with Crippen molar-refractivity contribution in [3.63, 3.8) is 0 Å². The SMILES string of the molecule is CN1CCN(CCS(=O)(=O)c2ccc(CN)cc2)CC1=O. The van der Waals surface area contributed by atoms with E-state index >= 15 is 0 Å². The number of nitrogens with two attached hydrogens (primary N) is 1. The van der Waals surface area contributed by atoms with Crippen molar-refractivity contribution in [3.05, 3.63) is 29.8 Å². The Morgan fingerprint density at radius 1 is 1.19 bits per heavy atom. The van der Waals surface area contributed by atoms with E-state index in [2.05, 4.69) is 0 Å². The summed E-state index contributed by atoms with van der Waals surface area (Å²) in [6.07, 6.45) is 0. The molecule has 21 heavy (non-hydrogen) atoms. The van der Waals surface area contributed by atoms with Gasteiger partial charge in [0.25, 0.3) is 0 Å². The van der Waals surface area contributed by atoms with Crippen molar-refractivity contribution in [2.75, 3.05) is 39.0 Å². The third-order valence-corrected chi connectivity index (χ3v) is 5.44. The molecule has 1 aromatic rings. The molecule has 0 aliphatic carbocycles. The Balaban J connectivity index is 1.96. The van der Waals surface area contributed by atoms with Crippen LogP contribution in [0.15, 0.2) is 29.2 Å². The van der Waals surface area contributed by atoms with Crippen LogP contribution >= 0.6 is 0 Å². The second-order valence-electron chi connectivity index (χ2n) is 5.26. The highest BCUT2D eigenvalue weighted by Crippen LogP contribution is 2.13. The molecule has 1 amide bonds. The predicted octanol–water partition coefficient (Wildman–Crippen LogP) is -0.307. The molecule has 6 nitrogen and oxygen atoms in total. The van der Waals surface area contributed by atoms with Gasteiger partial charge in [-0.3, -0.25) is 9.69 Å². The summed E-state index contributed by atoms with van der Waals surface area (Å²) in [5, 5.41) is 0. The fraction of sp³-hybridized carbons (Fsp3) is 0.500. The third kappa shape index (κ3) is 4.03. The Labute approximate surface area is 125 Å². The van der Waals surface area contributed by atoms with Crippen LogP contribution < -0.4 is 5.73 Å². The summed E-state index contributed by atoms with van der Waals surface area (Å²) in [6, 6.07) is 6.64. The zero-order valence-corrected chi connectivity index (χ0v) is 13.0. The molecule has 0 aromatic heterocycles. The molecule has 1 heterocycles. The molecule has 0 spiro atoms. The first kappa shape index (κ1) is 15.9. The maximum absolute atomic E-state index is 12.3. The number of benzene rings is 1. The van der Waals surface area contributed by atoms with Gasteiger partial charge in [-0.05, 0) is 17.7 Å². The van der Waals surface area contributed by atoms with Crippen molar-refractivity contribution in [1.29, 1.82) is 0 Å². The minimum absolute atomic E-state index is 0.0198. The van der Waals surface area contributed by atoms with E-state index in [0.717, 1.165) is 5.56 Å². The summed E-state index contributed by atoms with van der Waals surface area (Å²) in [7, 11) is -1.56. The van der Waals surface area contributed by atoms with Gasteiger partial charge in [-0.2, -0.15) is 0 Å². The van der Waals surface area contributed by atoms with Gasteiger partial charge in [-0.1, -0.05) is 12.1 Å². The van der Waals surface area contributed by atoms with E-state index in [1.54, 1.807) is 36.2 Å². The van der Waals surface area contributed by atoms with Crippen molar-refractivity contribution in [3.8, 4) is 0 Å². The van der Waals surface area contributed by atoms with Crippen LogP contribution in [0.5, 0.6) is 0 Å². The van der Waals surface area contributed by atoms with Crippen molar-refractivity contribution in [2.45, 2.75) is 11.4 Å². The quantitative estimate of drug-likeness (QED) is 0.807. The number of amides is 1. The van der Waals surface area contributed by atoms with E-state index in [9.17, 15) is 13.2 Å². The smallest absolute Gasteiger partial charge is 0.236 e. The number of piperazine rings is 1. The van der Waals surface area contributed by atoms with Crippen LogP contribution in [-0.4, -0.2) is 63.1 Å². The fourth-order valence-corrected chi connectivity index (χ4v) is 3.48. The third-order valence-electron chi connectivity index (χ3n) is 3.73. The average molecular weight is 311 g/mol. The first-order valence-corrected chi connectivity index (χ1v) is 8.55. The zero-order chi connectivity index (χ0) is 15.5. The van der Waals surface area contributed by atoms with E-state index in [-0.39, 0.29) is 18.2 Å². The highest BCUT2D eigenvalue weighted by Gasteiger charge is 2.23. The maximum atomic E-state index is 12.3. The van der Waals surface area contributed by atoms with E-state index < -0.39 is 9.84 Å². The molecule has 7 heteroatoms. The normalized spacial score (nSPS) is 17.2. The van der Waals surface area contributed by atoms with E-state index in [4.69, 9.17) is 5.73 Å². The standard InChI is InChI=1S/C14H21N3O3S/c1-16-6-7-17(11-14(16)18)8-9-21(19,20)13-4-2-12(10-15)3-5-13/h2-5H,6-11,15H2,1H3. The van der Waals surface area contributed by atoms with Gasteiger partial charge in [0.05, 0.1) is 17.2 Å². The molecule has 1 saturated heterocycles. The van der Waals surface area contributed by atoms with E-state index in [1.807, 2.05) is 4.90 Å². The molecule has 0 atom stereocenters. The topological polar surface area (TPSA) is 83.7 Å². The summed E-state index contributed by atoms with van der Waals surface area (Å²) in [5.41, 5.74) is 6.40. The molecule has 0 bridgehead atoms. The zero-order valence-electron chi connectivity index (χ0n) is 12.2. The lowest BCUT2D eigenvalue weighted by atomic mass is 10.2. The van der Waals surface area contributed by atoms with Crippen molar-refractivity contribution < 1.29 is 13.2 Å². The summed E-state index contributed by atoms with van der Waals surface area (Å²) in [5.74, 6) is 0.0531. The molecule has 1 aliphatic heterocycles. The molecule has 2 rings (SSSR count). The van der Waals surface area contributed by atoms with E-state index in [1.165, 1.54) is 0 Å². The predicted molar refractivity (Wildman–Crippen MR) is 80.5 cm³/mol.